The fourth-order valence-corrected chi connectivity index (χ4v) is 3.97. The van der Waals surface area contributed by atoms with Crippen LogP contribution in [0, 0.1) is 5.82 Å². The third kappa shape index (κ3) is 4.99. The normalized spacial score (nSPS) is 17.9. The Hall–Kier alpha value is -3.20. The topological polar surface area (TPSA) is 73.9 Å². The monoisotopic (exact) mass is 456 g/mol. The molecular weight excluding hydrogens is 431 g/mol. The molecule has 0 saturated carbocycles. The number of cyclic esters (lactones) is 1. The van der Waals surface area contributed by atoms with Crippen molar-refractivity contribution >= 4 is 46.0 Å². The Balaban J connectivity index is 1.47. The molecule has 2 aliphatic rings. The van der Waals surface area contributed by atoms with Gasteiger partial charge in [-0.1, -0.05) is 12.2 Å². The summed E-state index contributed by atoms with van der Waals surface area (Å²) in [5, 5.41) is 5.99. The maximum atomic E-state index is 14.8. The third-order valence-electron chi connectivity index (χ3n) is 5.53. The average Bonchev–Trinajstić information content (AvgIpc) is 3.37. The lowest BCUT2D eigenvalue weighted by Crippen LogP contribution is -2.32. The first kappa shape index (κ1) is 22.0. The smallest absolute Gasteiger partial charge is 0.414 e. The second kappa shape index (κ2) is 9.52. The second-order valence-corrected chi connectivity index (χ2v) is 8.52. The summed E-state index contributed by atoms with van der Waals surface area (Å²) < 4.78 is 20.1. The molecule has 2 aromatic carbocycles. The number of halogens is 1. The molecule has 2 aliphatic heterocycles. The van der Waals surface area contributed by atoms with E-state index in [1.165, 1.54) is 17.0 Å². The third-order valence-corrected chi connectivity index (χ3v) is 5.67. The Kier molecular flexibility index (Phi) is 6.55. The number of carbonyl (C=O) groups excluding carboxylic acids is 1. The molecule has 0 aromatic heterocycles. The highest BCUT2D eigenvalue weighted by Gasteiger charge is 2.32. The molecule has 9 heteroatoms. The standard InChI is InChI=1S/C23H25FN4O3S/c1-15(32)25-13-18-14-28(23(30)31-18)17-6-7-20(19(24)12-17)26-16-4-8-21(22(29)9-5-16)27-10-2-3-11-27/h4-9,12,18,26H,2-3,10-11,13-14H2,1H3,(H,25,32). The molecule has 2 N–H and O–H groups in total. The predicted octanol–water partition coefficient (Wildman–Crippen LogP) is 3.79. The number of hydrogen-bond donors (Lipinski definition) is 2. The molecule has 2 saturated heterocycles. The van der Waals surface area contributed by atoms with Gasteiger partial charge in [-0.15, -0.1) is 0 Å². The van der Waals surface area contributed by atoms with Gasteiger partial charge in [-0.25, -0.2) is 9.18 Å². The van der Waals surface area contributed by atoms with Gasteiger partial charge in [-0.2, -0.15) is 0 Å². The molecule has 2 fully saturated rings. The largest absolute Gasteiger partial charge is 0.442 e. The van der Waals surface area contributed by atoms with Crippen molar-refractivity contribution in [1.82, 2.24) is 5.32 Å². The quantitative estimate of drug-likeness (QED) is 0.641. The lowest BCUT2D eigenvalue weighted by atomic mass is 10.2. The van der Waals surface area contributed by atoms with Crippen LogP contribution in [0.1, 0.15) is 19.8 Å². The zero-order valence-corrected chi connectivity index (χ0v) is 18.6. The summed E-state index contributed by atoms with van der Waals surface area (Å²) in [4.78, 5) is 28.7. The number of nitrogens with zero attached hydrogens (tertiary/aromatic N) is 2. The van der Waals surface area contributed by atoms with Gasteiger partial charge in [0.05, 0.1) is 35.1 Å². The number of carbonyl (C=O) groups is 1. The van der Waals surface area contributed by atoms with E-state index >= 15 is 0 Å². The van der Waals surface area contributed by atoms with E-state index in [4.69, 9.17) is 17.0 Å². The zero-order chi connectivity index (χ0) is 22.7. The first-order chi connectivity index (χ1) is 15.4. The van der Waals surface area contributed by atoms with Gasteiger partial charge in [0.2, 0.25) is 5.43 Å². The number of benzene rings is 1. The van der Waals surface area contributed by atoms with Crippen LogP contribution in [0.25, 0.3) is 0 Å². The van der Waals surface area contributed by atoms with E-state index in [0.29, 0.717) is 35.1 Å². The van der Waals surface area contributed by atoms with Gasteiger partial charge in [0.25, 0.3) is 0 Å². The maximum Gasteiger partial charge on any atom is 0.414 e. The highest BCUT2D eigenvalue weighted by molar-refractivity contribution is 7.80. The molecule has 168 valence electrons. The van der Waals surface area contributed by atoms with Crippen molar-refractivity contribution in [3.63, 3.8) is 0 Å². The number of rotatable bonds is 6. The summed E-state index contributed by atoms with van der Waals surface area (Å²) in [5.41, 5.74) is 1.86. The minimum absolute atomic E-state index is 0.0591. The van der Waals surface area contributed by atoms with E-state index in [-0.39, 0.29) is 17.2 Å². The first-order valence-corrected chi connectivity index (χ1v) is 11.0. The molecule has 0 bridgehead atoms. The summed E-state index contributed by atoms with van der Waals surface area (Å²) in [6, 6.07) is 11.2. The van der Waals surface area contributed by atoms with E-state index in [1.54, 1.807) is 37.3 Å². The molecule has 7 nitrogen and oxygen atoms in total. The number of amides is 1. The number of anilines is 4. The number of nitrogens with one attached hydrogen (secondary N) is 2. The second-order valence-electron chi connectivity index (χ2n) is 7.91. The van der Waals surface area contributed by atoms with Gasteiger partial charge in [0, 0.05) is 18.8 Å². The molecule has 2 heterocycles. The molecular formula is C23H25FN4O3S. The van der Waals surface area contributed by atoms with Crippen LogP contribution in [0.2, 0.25) is 0 Å². The summed E-state index contributed by atoms with van der Waals surface area (Å²) >= 11 is 4.97. The van der Waals surface area contributed by atoms with E-state index < -0.39 is 11.9 Å². The van der Waals surface area contributed by atoms with Crippen LogP contribution in [0.5, 0.6) is 0 Å². The van der Waals surface area contributed by atoms with E-state index in [2.05, 4.69) is 15.5 Å². The molecule has 1 unspecified atom stereocenters. The molecule has 32 heavy (non-hydrogen) atoms. The van der Waals surface area contributed by atoms with Crippen molar-refractivity contribution in [2.75, 3.05) is 41.3 Å². The molecule has 1 atom stereocenters. The van der Waals surface area contributed by atoms with Crippen LogP contribution < -0.4 is 25.9 Å². The number of thiocarbonyl (C=S) groups is 1. The van der Waals surface area contributed by atoms with Crippen LogP contribution in [0.15, 0.2) is 47.3 Å². The highest BCUT2D eigenvalue weighted by atomic mass is 32.1. The van der Waals surface area contributed by atoms with Crippen molar-refractivity contribution in [3.05, 3.63) is 58.5 Å². The van der Waals surface area contributed by atoms with E-state index in [1.807, 2.05) is 0 Å². The van der Waals surface area contributed by atoms with Gasteiger partial charge < -0.3 is 20.3 Å². The van der Waals surface area contributed by atoms with Crippen LogP contribution in [-0.2, 0) is 4.74 Å². The van der Waals surface area contributed by atoms with Crippen molar-refractivity contribution in [2.45, 2.75) is 25.9 Å². The Morgan fingerprint density at radius 2 is 1.91 bits per heavy atom. The fourth-order valence-electron chi connectivity index (χ4n) is 3.88. The minimum Gasteiger partial charge on any atom is -0.442 e. The molecule has 1 amide bonds. The van der Waals surface area contributed by atoms with Gasteiger partial charge in [0.15, 0.2) is 0 Å². The molecule has 4 rings (SSSR count). The van der Waals surface area contributed by atoms with Crippen molar-refractivity contribution < 1.29 is 13.9 Å². The van der Waals surface area contributed by atoms with Crippen molar-refractivity contribution in [2.24, 2.45) is 0 Å². The van der Waals surface area contributed by atoms with Gasteiger partial charge >= 0.3 is 6.09 Å². The van der Waals surface area contributed by atoms with Crippen LogP contribution >= 0.6 is 12.2 Å². The van der Waals surface area contributed by atoms with Gasteiger partial charge in [-0.3, -0.25) is 9.69 Å². The zero-order valence-electron chi connectivity index (χ0n) is 17.8. The summed E-state index contributed by atoms with van der Waals surface area (Å²) in [6.07, 6.45) is 1.27. The van der Waals surface area contributed by atoms with Crippen LogP contribution in [-0.4, -0.2) is 43.4 Å². The first-order valence-electron chi connectivity index (χ1n) is 10.6. The van der Waals surface area contributed by atoms with Crippen LogP contribution in [0.3, 0.4) is 0 Å². The van der Waals surface area contributed by atoms with E-state index in [9.17, 15) is 14.0 Å². The molecule has 0 aliphatic carbocycles. The SMILES string of the molecule is CC(=S)NCC1CN(c2ccc(Nc3ccc(N4CCCC4)c(=O)cc3)c(F)c2)C(=O)O1. The molecule has 2 aromatic rings. The average molecular weight is 457 g/mol. The highest BCUT2D eigenvalue weighted by Crippen LogP contribution is 2.28. The number of hydrogen-bond acceptors (Lipinski definition) is 6. The molecule has 0 spiro atoms. The lowest BCUT2D eigenvalue weighted by molar-refractivity contribution is 0.143. The molecule has 0 radical (unpaired) electrons. The summed E-state index contributed by atoms with van der Waals surface area (Å²) in [5.74, 6) is -0.514. The van der Waals surface area contributed by atoms with Gasteiger partial charge in [-0.05, 0) is 62.2 Å². The maximum absolute atomic E-state index is 14.8. The fraction of sp³-hybridized carbons (Fsp3) is 0.348. The van der Waals surface area contributed by atoms with Crippen LogP contribution in [0.4, 0.5) is 31.9 Å². The minimum atomic E-state index is -0.522. The Labute approximate surface area is 191 Å². The van der Waals surface area contributed by atoms with Crippen molar-refractivity contribution in [3.8, 4) is 0 Å². The Morgan fingerprint density at radius 1 is 1.16 bits per heavy atom. The van der Waals surface area contributed by atoms with E-state index in [0.717, 1.165) is 25.9 Å². The van der Waals surface area contributed by atoms with Gasteiger partial charge in [0.1, 0.15) is 11.9 Å². The predicted molar refractivity (Wildman–Crippen MR) is 128 cm³/mol. The van der Waals surface area contributed by atoms with Crippen molar-refractivity contribution in [1.29, 1.82) is 0 Å². The number of ether oxygens (including phenoxy) is 1. The Morgan fingerprint density at radius 3 is 2.62 bits per heavy atom. The lowest BCUT2D eigenvalue weighted by Gasteiger charge is -2.15. The Bertz CT molecular complexity index is 1090. The summed E-state index contributed by atoms with van der Waals surface area (Å²) in [6.45, 7) is 4.22. The summed E-state index contributed by atoms with van der Waals surface area (Å²) in [7, 11) is 0.